The van der Waals surface area contributed by atoms with E-state index in [1.165, 1.54) is 0 Å². The fraction of sp³-hybridized carbons (Fsp3) is 0.706. The van der Waals surface area contributed by atoms with Gasteiger partial charge in [0.05, 0.1) is 13.2 Å². The summed E-state index contributed by atoms with van der Waals surface area (Å²) in [5, 5.41) is 3.39. The van der Waals surface area contributed by atoms with Crippen molar-refractivity contribution in [3.05, 3.63) is 0 Å². The van der Waals surface area contributed by atoms with Crippen molar-refractivity contribution in [1.82, 2.24) is 24.8 Å². The predicted molar refractivity (Wildman–Crippen MR) is 96.9 cm³/mol. The number of anilines is 1. The third-order valence-corrected chi connectivity index (χ3v) is 4.65. The summed E-state index contributed by atoms with van der Waals surface area (Å²) >= 11 is 0. The minimum atomic E-state index is 0.0459. The Balaban J connectivity index is 1.94. The maximum absolute atomic E-state index is 6.10. The molecule has 0 spiro atoms. The van der Waals surface area contributed by atoms with Crippen molar-refractivity contribution in [3.8, 4) is 12.0 Å². The fourth-order valence-corrected chi connectivity index (χ4v) is 3.32. The van der Waals surface area contributed by atoms with E-state index in [4.69, 9.17) is 15.2 Å². The van der Waals surface area contributed by atoms with Crippen LogP contribution >= 0.6 is 0 Å². The molecule has 8 heteroatoms. The molecule has 0 saturated carbocycles. The van der Waals surface area contributed by atoms with Crippen molar-refractivity contribution in [1.29, 1.82) is 0 Å². The van der Waals surface area contributed by atoms with E-state index in [0.29, 0.717) is 34.9 Å². The van der Waals surface area contributed by atoms with Gasteiger partial charge in [-0.2, -0.15) is 15.0 Å². The molecule has 0 aliphatic carbocycles. The lowest BCUT2D eigenvalue weighted by Gasteiger charge is -2.23. The molecule has 1 aliphatic rings. The van der Waals surface area contributed by atoms with Crippen LogP contribution in [0.15, 0.2) is 0 Å². The van der Waals surface area contributed by atoms with Gasteiger partial charge in [-0.25, -0.2) is 0 Å². The first-order valence-corrected chi connectivity index (χ1v) is 9.07. The molecule has 1 fully saturated rings. The predicted octanol–water partition coefficient (Wildman–Crippen LogP) is 1.98. The molecule has 1 atom stereocenters. The van der Waals surface area contributed by atoms with Crippen LogP contribution in [0.5, 0.6) is 12.0 Å². The van der Waals surface area contributed by atoms with Gasteiger partial charge in [-0.05, 0) is 45.2 Å². The number of aromatic nitrogens is 4. The van der Waals surface area contributed by atoms with Gasteiger partial charge in [-0.3, -0.25) is 4.57 Å². The second-order valence-corrected chi connectivity index (χ2v) is 6.68. The van der Waals surface area contributed by atoms with Crippen LogP contribution in [0.25, 0.3) is 11.2 Å². The monoisotopic (exact) mass is 348 g/mol. The first-order valence-electron chi connectivity index (χ1n) is 9.07. The highest BCUT2D eigenvalue weighted by atomic mass is 16.5. The third kappa shape index (κ3) is 3.95. The Labute approximate surface area is 148 Å². The molecular weight excluding hydrogens is 320 g/mol. The van der Waals surface area contributed by atoms with Crippen molar-refractivity contribution in [2.45, 2.75) is 52.2 Å². The first kappa shape index (κ1) is 17.7. The quantitative estimate of drug-likeness (QED) is 0.789. The van der Waals surface area contributed by atoms with Crippen LogP contribution in [0.3, 0.4) is 0 Å². The highest BCUT2D eigenvalue weighted by molar-refractivity contribution is 5.83. The van der Waals surface area contributed by atoms with Gasteiger partial charge in [0.15, 0.2) is 17.0 Å². The van der Waals surface area contributed by atoms with Crippen LogP contribution in [-0.2, 0) is 6.54 Å². The number of methoxy groups -OCH3 is 1. The second kappa shape index (κ2) is 7.86. The van der Waals surface area contributed by atoms with Crippen LogP contribution in [-0.4, -0.2) is 45.8 Å². The van der Waals surface area contributed by atoms with Crippen LogP contribution in [0, 0.1) is 5.92 Å². The summed E-state index contributed by atoms with van der Waals surface area (Å²) < 4.78 is 13.3. The number of ether oxygens (including phenoxy) is 2. The lowest BCUT2D eigenvalue weighted by molar-refractivity contribution is 0.193. The molecule has 1 aliphatic heterocycles. The van der Waals surface area contributed by atoms with E-state index in [1.54, 1.807) is 7.11 Å². The van der Waals surface area contributed by atoms with Gasteiger partial charge in [0, 0.05) is 6.54 Å². The Hall–Kier alpha value is -2.09. The molecule has 1 saturated heterocycles. The molecule has 3 rings (SSSR count). The Morgan fingerprint density at radius 2 is 2.04 bits per heavy atom. The zero-order valence-corrected chi connectivity index (χ0v) is 15.3. The summed E-state index contributed by atoms with van der Waals surface area (Å²) in [5.74, 6) is 0.887. The number of nitrogens with two attached hydrogens (primary N) is 1. The molecule has 2 aromatic rings. The van der Waals surface area contributed by atoms with Gasteiger partial charge >= 0.3 is 6.01 Å². The zero-order chi connectivity index (χ0) is 17.8. The SMILES string of the molecule is CCC[C@H](C)Oc1nc(N)c2nc(OC)n(CC3CCNCC3)c2n1. The Kier molecular flexibility index (Phi) is 5.57. The number of piperidine rings is 1. The van der Waals surface area contributed by atoms with Gasteiger partial charge in [0.1, 0.15) is 0 Å². The van der Waals surface area contributed by atoms with Gasteiger partial charge in [0.25, 0.3) is 6.01 Å². The normalized spacial score (nSPS) is 16.9. The first-order chi connectivity index (χ1) is 12.1. The zero-order valence-electron chi connectivity index (χ0n) is 15.3. The molecule has 0 bridgehead atoms. The maximum Gasteiger partial charge on any atom is 0.320 e. The van der Waals surface area contributed by atoms with Crippen molar-refractivity contribution >= 4 is 17.0 Å². The van der Waals surface area contributed by atoms with Crippen molar-refractivity contribution < 1.29 is 9.47 Å². The number of fused-ring (bicyclic) bond motifs is 1. The van der Waals surface area contributed by atoms with E-state index in [1.807, 2.05) is 11.5 Å². The summed E-state index contributed by atoms with van der Waals surface area (Å²) in [6.45, 7) is 7.03. The van der Waals surface area contributed by atoms with Crippen LogP contribution in [0.1, 0.15) is 39.5 Å². The Morgan fingerprint density at radius 3 is 2.72 bits per heavy atom. The number of hydrogen-bond donors (Lipinski definition) is 2. The lowest BCUT2D eigenvalue weighted by Crippen LogP contribution is -2.30. The van der Waals surface area contributed by atoms with Crippen molar-refractivity contribution in [2.24, 2.45) is 5.92 Å². The molecule has 0 aromatic carbocycles. The molecule has 0 unspecified atom stereocenters. The van der Waals surface area contributed by atoms with E-state index >= 15 is 0 Å². The van der Waals surface area contributed by atoms with Gasteiger partial charge < -0.3 is 20.5 Å². The Morgan fingerprint density at radius 1 is 1.28 bits per heavy atom. The summed E-state index contributed by atoms with van der Waals surface area (Å²) in [6, 6.07) is 0.827. The number of nitrogens with zero attached hydrogens (tertiary/aromatic N) is 4. The number of rotatable bonds is 7. The average molecular weight is 348 g/mol. The van der Waals surface area contributed by atoms with Crippen molar-refractivity contribution in [3.63, 3.8) is 0 Å². The van der Waals surface area contributed by atoms with Gasteiger partial charge in [-0.1, -0.05) is 13.3 Å². The third-order valence-electron chi connectivity index (χ3n) is 4.65. The van der Waals surface area contributed by atoms with Crippen LogP contribution in [0.2, 0.25) is 0 Å². The standard InChI is InChI=1S/C17H28N6O2/c1-4-5-11(2)25-16-21-14(18)13-15(22-16)23(17(20-13)24-3)10-12-6-8-19-9-7-12/h11-12,19H,4-10H2,1-3H3,(H2,18,21,22)/t11-/m0/s1. The highest BCUT2D eigenvalue weighted by Gasteiger charge is 2.22. The van der Waals surface area contributed by atoms with Gasteiger partial charge in [0.2, 0.25) is 0 Å². The average Bonchev–Trinajstić information content (AvgIpc) is 2.94. The molecule has 25 heavy (non-hydrogen) atoms. The number of nitrogen functional groups attached to an aromatic ring is 1. The molecule has 0 radical (unpaired) electrons. The molecule has 0 amide bonds. The molecule has 138 valence electrons. The minimum Gasteiger partial charge on any atom is -0.468 e. The number of hydrogen-bond acceptors (Lipinski definition) is 7. The summed E-state index contributed by atoms with van der Waals surface area (Å²) in [7, 11) is 1.62. The summed E-state index contributed by atoms with van der Waals surface area (Å²) in [4.78, 5) is 13.3. The largest absolute Gasteiger partial charge is 0.468 e. The van der Waals surface area contributed by atoms with E-state index < -0.39 is 0 Å². The summed E-state index contributed by atoms with van der Waals surface area (Å²) in [6.07, 6.45) is 4.28. The maximum atomic E-state index is 6.10. The molecule has 2 aromatic heterocycles. The van der Waals surface area contributed by atoms with Crippen molar-refractivity contribution in [2.75, 3.05) is 25.9 Å². The second-order valence-electron chi connectivity index (χ2n) is 6.68. The molecule has 3 heterocycles. The smallest absolute Gasteiger partial charge is 0.320 e. The van der Waals surface area contributed by atoms with E-state index in [-0.39, 0.29) is 6.10 Å². The van der Waals surface area contributed by atoms with Crippen LogP contribution < -0.4 is 20.5 Å². The van der Waals surface area contributed by atoms with E-state index in [2.05, 4.69) is 27.2 Å². The number of imidazole rings is 1. The minimum absolute atomic E-state index is 0.0459. The van der Waals surface area contributed by atoms with Gasteiger partial charge in [-0.15, -0.1) is 0 Å². The van der Waals surface area contributed by atoms with Crippen LogP contribution in [0.4, 0.5) is 5.82 Å². The molecular formula is C17H28N6O2. The molecule has 8 nitrogen and oxygen atoms in total. The number of nitrogens with one attached hydrogen (secondary N) is 1. The fourth-order valence-electron chi connectivity index (χ4n) is 3.32. The highest BCUT2D eigenvalue weighted by Crippen LogP contribution is 2.28. The van der Waals surface area contributed by atoms with E-state index in [9.17, 15) is 0 Å². The molecule has 3 N–H and O–H groups in total. The summed E-state index contributed by atoms with van der Waals surface area (Å²) in [5.41, 5.74) is 7.36. The topological polar surface area (TPSA) is 100 Å². The van der Waals surface area contributed by atoms with E-state index in [0.717, 1.165) is 45.3 Å². The Bertz CT molecular complexity index is 711. The lowest BCUT2D eigenvalue weighted by atomic mass is 9.98.